The molecular weight excluding hydrogens is 311 g/mol. The van der Waals surface area contributed by atoms with Crippen molar-refractivity contribution in [3.63, 3.8) is 0 Å². The van der Waals surface area contributed by atoms with Gasteiger partial charge >= 0.3 is 0 Å². The molecule has 0 aliphatic carbocycles. The fourth-order valence-electron chi connectivity index (χ4n) is 2.24. The number of likely N-dealkylation sites (N-methyl/N-ethyl adjacent to an activating group) is 1. The number of carbonyl (C=O) groups excluding carboxylic acids is 2. The summed E-state index contributed by atoms with van der Waals surface area (Å²) in [5.41, 5.74) is 1.70. The van der Waals surface area contributed by atoms with E-state index in [0.29, 0.717) is 17.9 Å². The summed E-state index contributed by atoms with van der Waals surface area (Å²) in [5.74, 6) is -1.11. The van der Waals surface area contributed by atoms with Crippen LogP contribution >= 0.6 is 0 Å². The summed E-state index contributed by atoms with van der Waals surface area (Å²) in [6.45, 7) is 0.273. The number of hydrogen-bond donors (Lipinski definition) is 1. The summed E-state index contributed by atoms with van der Waals surface area (Å²) in [7, 11) is 3.12. The van der Waals surface area contributed by atoms with Crippen molar-refractivity contribution < 1.29 is 18.7 Å². The number of hydrogen-bond acceptors (Lipinski definition) is 3. The van der Waals surface area contributed by atoms with Crippen molar-refractivity contribution in [2.24, 2.45) is 0 Å². The van der Waals surface area contributed by atoms with Crippen molar-refractivity contribution >= 4 is 17.5 Å². The van der Waals surface area contributed by atoms with Gasteiger partial charge in [0.05, 0.1) is 13.2 Å². The van der Waals surface area contributed by atoms with Gasteiger partial charge in [-0.1, -0.05) is 18.2 Å². The van der Waals surface area contributed by atoms with Gasteiger partial charge in [0.2, 0.25) is 5.91 Å². The maximum atomic E-state index is 13.1. The van der Waals surface area contributed by atoms with Crippen LogP contribution < -0.4 is 5.32 Å². The molecule has 0 aliphatic heterocycles. The normalized spacial score (nSPS) is 10.3. The van der Waals surface area contributed by atoms with Gasteiger partial charge in [0, 0.05) is 25.4 Å². The third-order valence-corrected chi connectivity index (χ3v) is 3.32. The van der Waals surface area contributed by atoms with E-state index < -0.39 is 11.7 Å². The molecule has 0 fully saturated rings. The zero-order chi connectivity index (χ0) is 17.5. The number of nitrogens with zero attached hydrogens (tertiary/aromatic N) is 1. The van der Waals surface area contributed by atoms with Crippen LogP contribution in [0.15, 0.2) is 48.5 Å². The van der Waals surface area contributed by atoms with Crippen molar-refractivity contribution in [3.8, 4) is 0 Å². The van der Waals surface area contributed by atoms with E-state index >= 15 is 0 Å². The van der Waals surface area contributed by atoms with Gasteiger partial charge in [0.15, 0.2) is 0 Å². The second-order valence-corrected chi connectivity index (χ2v) is 5.35. The van der Waals surface area contributed by atoms with Crippen LogP contribution in [0.4, 0.5) is 10.1 Å². The molecule has 6 heteroatoms. The molecule has 24 heavy (non-hydrogen) atoms. The van der Waals surface area contributed by atoms with E-state index in [4.69, 9.17) is 4.74 Å². The third-order valence-electron chi connectivity index (χ3n) is 3.32. The third kappa shape index (κ3) is 4.89. The minimum absolute atomic E-state index is 0.135. The maximum Gasteiger partial charge on any atom is 0.254 e. The standard InChI is InChI=1S/C18H19FN2O3/c1-21(11-17(22)20-16-8-4-7-15(19)10-16)18(23)14-6-3-5-13(9-14)12-24-2/h3-10H,11-12H2,1-2H3,(H,20,22). The number of methoxy groups -OCH3 is 1. The number of carbonyl (C=O) groups is 2. The first-order valence-electron chi connectivity index (χ1n) is 7.38. The highest BCUT2D eigenvalue weighted by molar-refractivity contribution is 5.99. The summed E-state index contributed by atoms with van der Waals surface area (Å²) < 4.78 is 18.1. The number of halogens is 1. The van der Waals surface area contributed by atoms with E-state index in [9.17, 15) is 14.0 Å². The average Bonchev–Trinajstić information content (AvgIpc) is 2.54. The van der Waals surface area contributed by atoms with Crippen molar-refractivity contribution in [1.82, 2.24) is 4.90 Å². The molecule has 2 amide bonds. The topological polar surface area (TPSA) is 58.6 Å². The number of rotatable bonds is 6. The Bertz CT molecular complexity index is 734. The first-order valence-corrected chi connectivity index (χ1v) is 7.38. The van der Waals surface area contributed by atoms with Gasteiger partial charge in [0.25, 0.3) is 5.91 Å². The van der Waals surface area contributed by atoms with Crippen LogP contribution in [0.1, 0.15) is 15.9 Å². The van der Waals surface area contributed by atoms with Crippen LogP contribution in [-0.4, -0.2) is 37.4 Å². The Morgan fingerprint density at radius 2 is 1.92 bits per heavy atom. The van der Waals surface area contributed by atoms with Crippen molar-refractivity contribution in [1.29, 1.82) is 0 Å². The zero-order valence-electron chi connectivity index (χ0n) is 13.6. The monoisotopic (exact) mass is 330 g/mol. The average molecular weight is 330 g/mol. The fraction of sp³-hybridized carbons (Fsp3) is 0.222. The van der Waals surface area contributed by atoms with Crippen LogP contribution in [0.2, 0.25) is 0 Å². The molecule has 0 saturated heterocycles. The van der Waals surface area contributed by atoms with E-state index in [1.807, 2.05) is 6.07 Å². The molecule has 1 N–H and O–H groups in total. The molecule has 5 nitrogen and oxygen atoms in total. The lowest BCUT2D eigenvalue weighted by molar-refractivity contribution is -0.116. The predicted octanol–water partition coefficient (Wildman–Crippen LogP) is 2.68. The highest BCUT2D eigenvalue weighted by Gasteiger charge is 2.15. The van der Waals surface area contributed by atoms with E-state index in [2.05, 4.69) is 5.32 Å². The molecule has 0 spiro atoms. The summed E-state index contributed by atoms with van der Waals surface area (Å²) >= 11 is 0. The first-order chi connectivity index (χ1) is 11.5. The van der Waals surface area contributed by atoms with Gasteiger partial charge in [-0.15, -0.1) is 0 Å². The lowest BCUT2D eigenvalue weighted by Gasteiger charge is -2.17. The Labute approximate surface area is 140 Å². The van der Waals surface area contributed by atoms with Crippen molar-refractivity contribution in [2.75, 3.05) is 26.0 Å². The molecule has 0 saturated carbocycles. The van der Waals surface area contributed by atoms with Gasteiger partial charge in [-0.2, -0.15) is 0 Å². The maximum absolute atomic E-state index is 13.1. The highest BCUT2D eigenvalue weighted by atomic mass is 19.1. The first kappa shape index (κ1) is 17.6. The van der Waals surface area contributed by atoms with Crippen LogP contribution in [0, 0.1) is 5.82 Å². The molecule has 0 radical (unpaired) electrons. The van der Waals surface area contributed by atoms with Crippen LogP contribution in [0.25, 0.3) is 0 Å². The fourth-order valence-corrected chi connectivity index (χ4v) is 2.24. The van der Waals surface area contributed by atoms with Gasteiger partial charge in [-0.05, 0) is 35.9 Å². The smallest absolute Gasteiger partial charge is 0.254 e. The SMILES string of the molecule is COCc1cccc(C(=O)N(C)CC(=O)Nc2cccc(F)c2)c1. The van der Waals surface area contributed by atoms with Crippen LogP contribution in [-0.2, 0) is 16.1 Å². The van der Waals surface area contributed by atoms with Gasteiger partial charge < -0.3 is 15.0 Å². The Morgan fingerprint density at radius 1 is 1.17 bits per heavy atom. The lowest BCUT2D eigenvalue weighted by atomic mass is 10.1. The Kier molecular flexibility index (Phi) is 6.03. The van der Waals surface area contributed by atoms with Gasteiger partial charge in [-0.25, -0.2) is 4.39 Å². The molecular formula is C18H19FN2O3. The molecule has 0 bridgehead atoms. The van der Waals surface area contributed by atoms with Crippen molar-refractivity contribution in [2.45, 2.75) is 6.61 Å². The second-order valence-electron chi connectivity index (χ2n) is 5.35. The minimum Gasteiger partial charge on any atom is -0.380 e. The Balaban J connectivity index is 1.98. The summed E-state index contributed by atoms with van der Waals surface area (Å²) in [6.07, 6.45) is 0. The summed E-state index contributed by atoms with van der Waals surface area (Å²) in [6, 6.07) is 12.6. The predicted molar refractivity (Wildman–Crippen MR) is 89.1 cm³/mol. The van der Waals surface area contributed by atoms with E-state index in [1.165, 1.54) is 30.1 Å². The molecule has 2 rings (SSSR count). The molecule has 2 aromatic rings. The lowest BCUT2D eigenvalue weighted by Crippen LogP contribution is -2.35. The molecule has 0 aromatic heterocycles. The number of amides is 2. The van der Waals surface area contributed by atoms with E-state index in [-0.39, 0.29) is 12.5 Å². The number of anilines is 1. The van der Waals surface area contributed by atoms with E-state index in [0.717, 1.165) is 5.56 Å². The van der Waals surface area contributed by atoms with Crippen molar-refractivity contribution in [3.05, 3.63) is 65.5 Å². The van der Waals surface area contributed by atoms with Gasteiger partial charge in [-0.3, -0.25) is 9.59 Å². The summed E-state index contributed by atoms with van der Waals surface area (Å²) in [5, 5.41) is 2.56. The number of nitrogens with one attached hydrogen (secondary N) is 1. The molecule has 0 heterocycles. The Hall–Kier alpha value is -2.73. The molecule has 0 unspecified atom stereocenters. The van der Waals surface area contributed by atoms with Crippen LogP contribution in [0.5, 0.6) is 0 Å². The largest absolute Gasteiger partial charge is 0.380 e. The Morgan fingerprint density at radius 3 is 2.62 bits per heavy atom. The molecule has 0 atom stereocenters. The van der Waals surface area contributed by atoms with Gasteiger partial charge in [0.1, 0.15) is 5.82 Å². The molecule has 126 valence electrons. The highest BCUT2D eigenvalue weighted by Crippen LogP contribution is 2.11. The second kappa shape index (κ2) is 8.21. The number of ether oxygens (including phenoxy) is 1. The summed E-state index contributed by atoms with van der Waals surface area (Å²) in [4.78, 5) is 25.7. The van der Waals surface area contributed by atoms with E-state index in [1.54, 1.807) is 31.4 Å². The molecule has 0 aliphatic rings. The molecule has 2 aromatic carbocycles. The quantitative estimate of drug-likeness (QED) is 0.886. The number of benzene rings is 2. The minimum atomic E-state index is -0.438. The zero-order valence-corrected chi connectivity index (χ0v) is 13.6. The van der Waals surface area contributed by atoms with Crippen LogP contribution in [0.3, 0.4) is 0 Å².